The van der Waals surface area contributed by atoms with Crippen LogP contribution in [0.2, 0.25) is 0 Å². The molecule has 2 atom stereocenters. The summed E-state index contributed by atoms with van der Waals surface area (Å²) in [5.41, 5.74) is 1.09. The van der Waals surface area contributed by atoms with Crippen LogP contribution in [0.25, 0.3) is 0 Å². The van der Waals surface area contributed by atoms with E-state index in [0.717, 1.165) is 43.3 Å². The first-order valence-electron chi connectivity index (χ1n) is 9.68. The number of anilines is 1. The number of hydrogen-bond acceptors (Lipinski definition) is 5. The Morgan fingerprint density at radius 1 is 1.11 bits per heavy atom. The Kier molecular flexibility index (Phi) is 5.23. The van der Waals surface area contributed by atoms with Crippen LogP contribution in [0, 0.1) is 5.92 Å². The molecule has 3 aliphatic rings. The maximum absolute atomic E-state index is 13.0. The summed E-state index contributed by atoms with van der Waals surface area (Å²) in [7, 11) is 1.68. The summed E-state index contributed by atoms with van der Waals surface area (Å²) in [6.45, 7) is 2.59. The zero-order chi connectivity index (χ0) is 18.6. The van der Waals surface area contributed by atoms with Gasteiger partial charge in [0.05, 0.1) is 7.11 Å². The van der Waals surface area contributed by atoms with Crippen LogP contribution in [0.1, 0.15) is 24.8 Å². The number of piperidine rings is 1. The maximum atomic E-state index is 13.0. The highest BCUT2D eigenvalue weighted by molar-refractivity contribution is 5.77. The number of carbonyl (C=O) groups is 1. The zero-order valence-electron chi connectivity index (χ0n) is 15.8. The average Bonchev–Trinajstić information content (AvgIpc) is 3.05. The molecule has 142 valence electrons. The monoisotopic (exact) mass is 366 g/mol. The highest BCUT2D eigenvalue weighted by Crippen LogP contribution is 2.30. The fraction of sp³-hybridized carbons (Fsp3) is 0.476. The summed E-state index contributed by atoms with van der Waals surface area (Å²) in [6, 6.07) is 10.0. The molecule has 0 N–H and O–H groups in total. The van der Waals surface area contributed by atoms with Crippen molar-refractivity contribution in [2.24, 2.45) is 5.92 Å². The van der Waals surface area contributed by atoms with Crippen molar-refractivity contribution in [2.75, 3.05) is 31.6 Å². The van der Waals surface area contributed by atoms with Gasteiger partial charge < -0.3 is 14.5 Å². The van der Waals surface area contributed by atoms with Gasteiger partial charge in [0.2, 0.25) is 11.9 Å². The molecule has 0 unspecified atom stereocenters. The van der Waals surface area contributed by atoms with Crippen LogP contribution in [0.15, 0.2) is 42.7 Å². The predicted molar refractivity (Wildman–Crippen MR) is 104 cm³/mol. The standard InChI is InChI=1S/C21H26N4O2/c1-27-19-6-3-2-5-17(19)8-10-20(26)25-14-16-7-9-18(25)15-24(13-16)21-22-11-4-12-23-21/h2-6,11-12,16,18H,7-10,13-15H2,1H3/t16-,18+/m0/s1. The minimum absolute atomic E-state index is 0.242. The Balaban J connectivity index is 1.43. The molecule has 1 aromatic carbocycles. The van der Waals surface area contributed by atoms with Gasteiger partial charge in [-0.2, -0.15) is 0 Å². The molecule has 2 bridgehead atoms. The van der Waals surface area contributed by atoms with Crippen LogP contribution in [-0.4, -0.2) is 53.6 Å². The SMILES string of the molecule is COc1ccccc1CCC(=O)N1C[C@H]2CC[C@@H]1CN(c1ncccn1)C2. The molecule has 2 aromatic rings. The second-order valence-corrected chi connectivity index (χ2v) is 7.41. The molecule has 0 radical (unpaired) electrons. The molecule has 27 heavy (non-hydrogen) atoms. The highest BCUT2D eigenvalue weighted by Gasteiger charge is 2.37. The van der Waals surface area contributed by atoms with E-state index in [1.165, 1.54) is 6.42 Å². The molecule has 1 amide bonds. The van der Waals surface area contributed by atoms with Crippen molar-refractivity contribution < 1.29 is 9.53 Å². The smallest absolute Gasteiger partial charge is 0.225 e. The molecular weight excluding hydrogens is 340 g/mol. The lowest BCUT2D eigenvalue weighted by Gasteiger charge is -2.36. The van der Waals surface area contributed by atoms with E-state index in [-0.39, 0.29) is 11.9 Å². The van der Waals surface area contributed by atoms with E-state index < -0.39 is 0 Å². The van der Waals surface area contributed by atoms with E-state index in [1.54, 1.807) is 19.5 Å². The predicted octanol–water partition coefficient (Wildman–Crippen LogP) is 2.55. The molecule has 0 saturated carbocycles. The number of rotatable bonds is 5. The lowest BCUT2D eigenvalue weighted by Crippen LogP contribution is -2.47. The second kappa shape index (κ2) is 7.94. The Morgan fingerprint density at radius 3 is 2.74 bits per heavy atom. The third-order valence-electron chi connectivity index (χ3n) is 5.67. The summed E-state index contributed by atoms with van der Waals surface area (Å²) in [5, 5.41) is 0. The number of aryl methyl sites for hydroxylation is 1. The van der Waals surface area contributed by atoms with Crippen molar-refractivity contribution in [1.29, 1.82) is 0 Å². The summed E-state index contributed by atoms with van der Waals surface area (Å²) in [6.07, 6.45) is 7.03. The highest BCUT2D eigenvalue weighted by atomic mass is 16.5. The van der Waals surface area contributed by atoms with Crippen LogP contribution < -0.4 is 9.64 Å². The van der Waals surface area contributed by atoms with Gasteiger partial charge in [-0.1, -0.05) is 18.2 Å². The van der Waals surface area contributed by atoms with Gasteiger partial charge in [0.1, 0.15) is 5.75 Å². The van der Waals surface area contributed by atoms with Gasteiger partial charge in [0.15, 0.2) is 0 Å². The summed E-state index contributed by atoms with van der Waals surface area (Å²) in [5.74, 6) is 2.36. The van der Waals surface area contributed by atoms with Gasteiger partial charge in [-0.25, -0.2) is 9.97 Å². The quantitative estimate of drug-likeness (QED) is 0.814. The number of fused-ring (bicyclic) bond motifs is 4. The van der Waals surface area contributed by atoms with E-state index in [4.69, 9.17) is 4.74 Å². The van der Waals surface area contributed by atoms with E-state index >= 15 is 0 Å². The van der Waals surface area contributed by atoms with E-state index in [0.29, 0.717) is 18.8 Å². The fourth-order valence-corrected chi connectivity index (χ4v) is 4.30. The van der Waals surface area contributed by atoms with Crippen LogP contribution in [0.4, 0.5) is 5.95 Å². The normalized spacial score (nSPS) is 21.8. The zero-order valence-corrected chi connectivity index (χ0v) is 15.8. The molecular formula is C21H26N4O2. The van der Waals surface area contributed by atoms with Gasteiger partial charge in [-0.05, 0) is 42.9 Å². The number of ether oxygens (including phenoxy) is 1. The second-order valence-electron chi connectivity index (χ2n) is 7.41. The molecule has 0 aliphatic carbocycles. The molecule has 1 aromatic heterocycles. The average molecular weight is 366 g/mol. The topological polar surface area (TPSA) is 58.6 Å². The molecule has 6 heteroatoms. The lowest BCUT2D eigenvalue weighted by molar-refractivity contribution is -0.135. The van der Waals surface area contributed by atoms with E-state index in [2.05, 4.69) is 19.8 Å². The van der Waals surface area contributed by atoms with E-state index in [9.17, 15) is 4.79 Å². The van der Waals surface area contributed by atoms with Crippen LogP contribution in [0.5, 0.6) is 5.75 Å². The molecule has 6 nitrogen and oxygen atoms in total. The number of nitrogens with zero attached hydrogens (tertiary/aromatic N) is 4. The number of para-hydroxylation sites is 1. The molecule has 3 fully saturated rings. The Morgan fingerprint density at radius 2 is 1.93 bits per heavy atom. The van der Waals surface area contributed by atoms with Crippen molar-refractivity contribution in [3.8, 4) is 5.75 Å². The number of amides is 1. The maximum Gasteiger partial charge on any atom is 0.225 e. The molecule has 3 aliphatic heterocycles. The minimum atomic E-state index is 0.242. The van der Waals surface area contributed by atoms with Gasteiger partial charge >= 0.3 is 0 Å². The Labute approximate surface area is 160 Å². The number of carbonyl (C=O) groups excluding carboxylic acids is 1. The fourth-order valence-electron chi connectivity index (χ4n) is 4.30. The van der Waals surface area contributed by atoms with Gasteiger partial charge in [-0.3, -0.25) is 4.79 Å². The largest absolute Gasteiger partial charge is 0.496 e. The van der Waals surface area contributed by atoms with Crippen LogP contribution in [0.3, 0.4) is 0 Å². The first-order chi connectivity index (χ1) is 13.2. The van der Waals surface area contributed by atoms with E-state index in [1.807, 2.05) is 30.3 Å². The first-order valence-corrected chi connectivity index (χ1v) is 9.68. The summed E-state index contributed by atoms with van der Waals surface area (Å²) >= 11 is 0. The molecule has 3 saturated heterocycles. The van der Waals surface area contributed by atoms with Gasteiger partial charge in [0, 0.05) is 44.5 Å². The third kappa shape index (κ3) is 3.89. The van der Waals surface area contributed by atoms with Crippen LogP contribution in [-0.2, 0) is 11.2 Å². The van der Waals surface area contributed by atoms with Crippen molar-refractivity contribution in [3.05, 3.63) is 48.3 Å². The molecule has 0 spiro atoms. The number of hydrogen-bond donors (Lipinski definition) is 0. The van der Waals surface area contributed by atoms with Gasteiger partial charge in [-0.15, -0.1) is 0 Å². The van der Waals surface area contributed by atoms with Crippen molar-refractivity contribution in [1.82, 2.24) is 14.9 Å². The third-order valence-corrected chi connectivity index (χ3v) is 5.67. The Hall–Kier alpha value is -2.63. The van der Waals surface area contributed by atoms with Crippen molar-refractivity contribution >= 4 is 11.9 Å². The number of benzene rings is 1. The summed E-state index contributed by atoms with van der Waals surface area (Å²) in [4.78, 5) is 26.1. The summed E-state index contributed by atoms with van der Waals surface area (Å²) < 4.78 is 5.41. The molecule has 4 heterocycles. The minimum Gasteiger partial charge on any atom is -0.496 e. The number of methoxy groups -OCH3 is 1. The lowest BCUT2D eigenvalue weighted by atomic mass is 9.94. The Bertz CT molecular complexity index is 783. The first kappa shape index (κ1) is 17.8. The number of aromatic nitrogens is 2. The van der Waals surface area contributed by atoms with Crippen molar-refractivity contribution in [3.63, 3.8) is 0 Å². The molecule has 5 rings (SSSR count). The van der Waals surface area contributed by atoms with Crippen molar-refractivity contribution in [2.45, 2.75) is 31.7 Å². The van der Waals surface area contributed by atoms with Gasteiger partial charge in [0.25, 0.3) is 0 Å². The van der Waals surface area contributed by atoms with Crippen LogP contribution >= 0.6 is 0 Å².